The Kier molecular flexibility index (Phi) is 6.88. The van der Waals surface area contributed by atoms with Crippen LogP contribution >= 0.6 is 0 Å². The number of rotatable bonds is 6. The van der Waals surface area contributed by atoms with E-state index >= 15 is 0 Å². The van der Waals surface area contributed by atoms with Crippen molar-refractivity contribution in [1.29, 1.82) is 0 Å². The van der Waals surface area contributed by atoms with Gasteiger partial charge in [0.2, 0.25) is 0 Å². The van der Waals surface area contributed by atoms with Crippen molar-refractivity contribution >= 4 is 5.97 Å². The predicted octanol–water partition coefficient (Wildman–Crippen LogP) is 6.32. The summed E-state index contributed by atoms with van der Waals surface area (Å²) in [5.74, 6) is 1.42. The SMILES string of the molecule is CCCc1ccc(-c2ccc(C(=O)O[C@@H]3C[C@@H](C)CC[C@@H]3C(C)C)cc2)nc1. The molecule has 0 bridgehead atoms. The fraction of sp³-hybridized carbons (Fsp3) is 0.520. The molecular weight excluding hydrogens is 346 g/mol. The number of pyridine rings is 1. The highest BCUT2D eigenvalue weighted by Gasteiger charge is 2.33. The monoisotopic (exact) mass is 379 g/mol. The topological polar surface area (TPSA) is 39.2 Å². The molecule has 0 spiro atoms. The molecule has 3 atom stereocenters. The maximum Gasteiger partial charge on any atom is 0.338 e. The minimum Gasteiger partial charge on any atom is -0.458 e. The second-order valence-corrected chi connectivity index (χ2v) is 8.65. The standard InChI is InChI=1S/C25H33NO2/c1-5-6-19-8-14-23(26-16-19)20-9-11-21(12-10-20)25(27)28-24-15-18(4)7-13-22(24)17(2)3/h8-12,14,16-18,22,24H,5-7,13,15H2,1-4H3/t18-,22+,24+/m0/s1. The number of ether oxygens (including phenoxy) is 1. The Balaban J connectivity index is 1.67. The Morgan fingerprint density at radius 2 is 1.89 bits per heavy atom. The van der Waals surface area contributed by atoms with Crippen molar-refractivity contribution in [2.24, 2.45) is 17.8 Å². The average Bonchev–Trinajstić information content (AvgIpc) is 2.69. The number of aromatic nitrogens is 1. The summed E-state index contributed by atoms with van der Waals surface area (Å²) >= 11 is 0. The van der Waals surface area contributed by atoms with Crippen LogP contribution in [-0.4, -0.2) is 17.1 Å². The van der Waals surface area contributed by atoms with Gasteiger partial charge in [-0.2, -0.15) is 0 Å². The molecule has 2 aromatic rings. The van der Waals surface area contributed by atoms with Gasteiger partial charge in [0, 0.05) is 11.8 Å². The van der Waals surface area contributed by atoms with E-state index in [4.69, 9.17) is 4.74 Å². The molecule has 3 nitrogen and oxygen atoms in total. The number of hydrogen-bond acceptors (Lipinski definition) is 3. The average molecular weight is 380 g/mol. The number of benzene rings is 1. The van der Waals surface area contributed by atoms with Crippen LogP contribution in [0, 0.1) is 17.8 Å². The zero-order valence-electron chi connectivity index (χ0n) is 17.7. The number of carbonyl (C=O) groups excluding carboxylic acids is 1. The van der Waals surface area contributed by atoms with Gasteiger partial charge in [-0.05, 0) is 60.8 Å². The fourth-order valence-electron chi connectivity index (χ4n) is 4.26. The maximum absolute atomic E-state index is 12.7. The van der Waals surface area contributed by atoms with Gasteiger partial charge in [0.15, 0.2) is 0 Å². The molecule has 0 radical (unpaired) electrons. The highest BCUT2D eigenvalue weighted by molar-refractivity contribution is 5.90. The van der Waals surface area contributed by atoms with E-state index in [2.05, 4.69) is 44.8 Å². The summed E-state index contributed by atoms with van der Waals surface area (Å²) in [5.41, 5.74) is 3.83. The van der Waals surface area contributed by atoms with E-state index in [0.29, 0.717) is 23.3 Å². The molecule has 0 unspecified atom stereocenters. The van der Waals surface area contributed by atoms with Crippen LogP contribution in [0.15, 0.2) is 42.6 Å². The summed E-state index contributed by atoms with van der Waals surface area (Å²) < 4.78 is 5.96. The summed E-state index contributed by atoms with van der Waals surface area (Å²) in [7, 11) is 0. The smallest absolute Gasteiger partial charge is 0.338 e. The first-order valence-electron chi connectivity index (χ1n) is 10.7. The second-order valence-electron chi connectivity index (χ2n) is 8.65. The molecule has 3 rings (SSSR count). The van der Waals surface area contributed by atoms with Gasteiger partial charge in [-0.25, -0.2) is 4.79 Å². The van der Waals surface area contributed by atoms with Gasteiger partial charge in [0.1, 0.15) is 6.10 Å². The lowest BCUT2D eigenvalue weighted by Crippen LogP contribution is -2.35. The second kappa shape index (κ2) is 9.36. The molecule has 1 heterocycles. The number of hydrogen-bond donors (Lipinski definition) is 0. The zero-order chi connectivity index (χ0) is 20.1. The fourth-order valence-corrected chi connectivity index (χ4v) is 4.26. The maximum atomic E-state index is 12.7. The third-order valence-corrected chi connectivity index (χ3v) is 6.00. The van der Waals surface area contributed by atoms with E-state index in [1.54, 1.807) is 0 Å². The van der Waals surface area contributed by atoms with Crippen LogP contribution in [0.5, 0.6) is 0 Å². The summed E-state index contributed by atoms with van der Waals surface area (Å²) in [6, 6.07) is 11.8. The predicted molar refractivity (Wildman–Crippen MR) is 114 cm³/mol. The van der Waals surface area contributed by atoms with Crippen LogP contribution in [-0.2, 0) is 11.2 Å². The van der Waals surface area contributed by atoms with Crippen molar-refractivity contribution < 1.29 is 9.53 Å². The summed E-state index contributed by atoms with van der Waals surface area (Å²) in [6.45, 7) is 8.89. The first kappa shape index (κ1) is 20.6. The van der Waals surface area contributed by atoms with Gasteiger partial charge in [0.05, 0.1) is 11.3 Å². The van der Waals surface area contributed by atoms with Gasteiger partial charge in [-0.1, -0.05) is 58.7 Å². The van der Waals surface area contributed by atoms with E-state index in [-0.39, 0.29) is 12.1 Å². The van der Waals surface area contributed by atoms with Crippen LogP contribution in [0.3, 0.4) is 0 Å². The van der Waals surface area contributed by atoms with Gasteiger partial charge >= 0.3 is 5.97 Å². The molecule has 0 saturated heterocycles. The van der Waals surface area contributed by atoms with Crippen molar-refractivity contribution in [1.82, 2.24) is 4.98 Å². The largest absolute Gasteiger partial charge is 0.458 e. The van der Waals surface area contributed by atoms with Crippen molar-refractivity contribution in [2.75, 3.05) is 0 Å². The molecule has 1 aliphatic carbocycles. The molecular formula is C25H33NO2. The Morgan fingerprint density at radius 1 is 1.14 bits per heavy atom. The van der Waals surface area contributed by atoms with Gasteiger partial charge in [-0.3, -0.25) is 4.98 Å². The minimum atomic E-state index is -0.206. The third kappa shape index (κ3) is 5.01. The van der Waals surface area contributed by atoms with Crippen LogP contribution in [0.4, 0.5) is 0 Å². The van der Waals surface area contributed by atoms with Crippen LogP contribution in [0.25, 0.3) is 11.3 Å². The van der Waals surface area contributed by atoms with Crippen LogP contribution < -0.4 is 0 Å². The number of esters is 1. The number of aryl methyl sites for hydroxylation is 1. The summed E-state index contributed by atoms with van der Waals surface area (Å²) in [5, 5.41) is 0. The molecule has 1 aromatic heterocycles. The minimum absolute atomic E-state index is 0.0312. The van der Waals surface area contributed by atoms with Gasteiger partial charge in [-0.15, -0.1) is 0 Å². The Labute approximate surface area is 169 Å². The molecule has 0 N–H and O–H groups in total. The lowest BCUT2D eigenvalue weighted by Gasteiger charge is -2.36. The van der Waals surface area contributed by atoms with Crippen LogP contribution in [0.1, 0.15) is 69.3 Å². The lowest BCUT2D eigenvalue weighted by atomic mass is 9.75. The number of carbonyl (C=O) groups is 1. The molecule has 150 valence electrons. The van der Waals surface area contributed by atoms with E-state index in [1.165, 1.54) is 12.0 Å². The highest BCUT2D eigenvalue weighted by Crippen LogP contribution is 2.35. The van der Waals surface area contributed by atoms with Crippen molar-refractivity contribution in [3.63, 3.8) is 0 Å². The Hall–Kier alpha value is -2.16. The molecule has 1 fully saturated rings. The Morgan fingerprint density at radius 3 is 2.50 bits per heavy atom. The summed E-state index contributed by atoms with van der Waals surface area (Å²) in [6.07, 6.45) is 7.50. The zero-order valence-corrected chi connectivity index (χ0v) is 17.7. The number of nitrogens with zero attached hydrogens (tertiary/aromatic N) is 1. The summed E-state index contributed by atoms with van der Waals surface area (Å²) in [4.78, 5) is 17.3. The van der Waals surface area contributed by atoms with Gasteiger partial charge in [0.25, 0.3) is 0 Å². The molecule has 1 aliphatic rings. The quantitative estimate of drug-likeness (QED) is 0.551. The molecule has 0 aliphatic heterocycles. The van der Waals surface area contributed by atoms with Crippen molar-refractivity contribution in [3.8, 4) is 11.3 Å². The van der Waals surface area contributed by atoms with E-state index < -0.39 is 0 Å². The first-order valence-corrected chi connectivity index (χ1v) is 10.7. The molecule has 28 heavy (non-hydrogen) atoms. The molecule has 0 amide bonds. The lowest BCUT2D eigenvalue weighted by molar-refractivity contribution is -0.0174. The molecule has 3 heteroatoms. The highest BCUT2D eigenvalue weighted by atomic mass is 16.5. The van der Waals surface area contributed by atoms with E-state index in [1.807, 2.05) is 30.5 Å². The molecule has 1 saturated carbocycles. The van der Waals surface area contributed by atoms with Crippen molar-refractivity contribution in [3.05, 3.63) is 53.7 Å². The first-order chi connectivity index (χ1) is 13.5. The van der Waals surface area contributed by atoms with E-state index in [9.17, 15) is 4.79 Å². The third-order valence-electron chi connectivity index (χ3n) is 6.00. The Bertz CT molecular complexity index is 764. The van der Waals surface area contributed by atoms with Crippen molar-refractivity contribution in [2.45, 2.75) is 65.9 Å². The van der Waals surface area contributed by atoms with Crippen LogP contribution in [0.2, 0.25) is 0 Å². The normalized spacial score (nSPS) is 22.2. The van der Waals surface area contributed by atoms with Gasteiger partial charge < -0.3 is 4.74 Å². The van der Waals surface area contributed by atoms with E-state index in [0.717, 1.165) is 36.9 Å². The molecule has 1 aromatic carbocycles.